The first-order chi connectivity index (χ1) is 16.9. The number of halogens is 1. The van der Waals surface area contributed by atoms with Gasteiger partial charge in [-0.15, -0.1) is 11.3 Å². The topological polar surface area (TPSA) is 95.1 Å². The second kappa shape index (κ2) is 9.70. The zero-order valence-electron chi connectivity index (χ0n) is 18.5. The Morgan fingerprint density at radius 3 is 2.71 bits per heavy atom. The molecule has 9 nitrogen and oxygen atoms in total. The van der Waals surface area contributed by atoms with Crippen LogP contribution in [0.1, 0.15) is 10.4 Å². The molecule has 2 aliphatic heterocycles. The van der Waals surface area contributed by atoms with Gasteiger partial charge in [0.15, 0.2) is 0 Å². The lowest BCUT2D eigenvalue weighted by atomic mass is 10.1. The van der Waals surface area contributed by atoms with Crippen LogP contribution in [0.5, 0.6) is 0 Å². The van der Waals surface area contributed by atoms with Crippen LogP contribution in [0.25, 0.3) is 10.2 Å². The summed E-state index contributed by atoms with van der Waals surface area (Å²) < 4.78 is 21.2. The fourth-order valence-corrected chi connectivity index (χ4v) is 5.09. The first-order valence-electron chi connectivity index (χ1n) is 11.0. The van der Waals surface area contributed by atoms with Crippen molar-refractivity contribution in [1.29, 1.82) is 0 Å². The number of thiol groups is 1. The molecule has 0 bridgehead atoms. The number of hydrogen-bond acceptors (Lipinski definition) is 7. The van der Waals surface area contributed by atoms with Gasteiger partial charge in [0, 0.05) is 31.7 Å². The van der Waals surface area contributed by atoms with Crippen molar-refractivity contribution in [2.24, 2.45) is 0 Å². The summed E-state index contributed by atoms with van der Waals surface area (Å²) in [7, 11) is 0. The van der Waals surface area contributed by atoms with E-state index in [0.717, 1.165) is 10.2 Å². The molecule has 12 heteroatoms. The van der Waals surface area contributed by atoms with E-state index >= 15 is 4.39 Å². The summed E-state index contributed by atoms with van der Waals surface area (Å²) in [5.74, 6) is -0.509. The van der Waals surface area contributed by atoms with Crippen molar-refractivity contribution >= 4 is 62.8 Å². The molecular weight excluding hydrogens is 493 g/mol. The van der Waals surface area contributed by atoms with Gasteiger partial charge in [0.2, 0.25) is 0 Å². The van der Waals surface area contributed by atoms with E-state index in [1.165, 1.54) is 22.3 Å². The third-order valence-corrected chi connectivity index (χ3v) is 7.03. The number of fused-ring (bicyclic) bond motifs is 1. The molecule has 0 spiro atoms. The Morgan fingerprint density at radius 2 is 1.97 bits per heavy atom. The molecule has 2 aliphatic rings. The number of thiazole rings is 1. The highest BCUT2D eigenvalue weighted by Gasteiger charge is 2.33. The Morgan fingerprint density at radius 1 is 1.17 bits per heavy atom. The molecule has 35 heavy (non-hydrogen) atoms. The number of ether oxygens (including phenoxy) is 1. The maximum absolute atomic E-state index is 15.0. The highest BCUT2D eigenvalue weighted by molar-refractivity contribution is 7.96. The van der Waals surface area contributed by atoms with Crippen molar-refractivity contribution in [3.8, 4) is 0 Å². The van der Waals surface area contributed by atoms with Crippen LogP contribution < -0.4 is 15.1 Å². The zero-order chi connectivity index (χ0) is 24.5. The first-order valence-corrected chi connectivity index (χ1v) is 12.3. The maximum Gasteiger partial charge on any atom is 0.414 e. The monoisotopic (exact) mass is 515 g/mol. The van der Waals surface area contributed by atoms with Crippen LogP contribution in [0.2, 0.25) is 0 Å². The van der Waals surface area contributed by atoms with Gasteiger partial charge < -0.3 is 19.9 Å². The number of hydrogen-bond donors (Lipinski definition) is 2. The van der Waals surface area contributed by atoms with Gasteiger partial charge in [0.1, 0.15) is 11.9 Å². The van der Waals surface area contributed by atoms with Crippen LogP contribution in [-0.2, 0) is 4.74 Å². The third kappa shape index (κ3) is 4.89. The lowest BCUT2D eigenvalue weighted by Gasteiger charge is -2.36. The average molecular weight is 516 g/mol. The Labute approximate surface area is 209 Å². The SMILES string of the molecule is O=C(S)NCC1CN(c2ccc(N3CCN(C(=O)c4ccc5ncsc5c4)CC3)c(F)c2)C(=O)O1. The molecule has 2 saturated heterocycles. The van der Waals surface area contributed by atoms with Gasteiger partial charge in [0.05, 0.1) is 40.2 Å². The molecule has 5 rings (SSSR count). The first kappa shape index (κ1) is 23.4. The molecule has 1 aromatic heterocycles. The molecule has 1 atom stereocenters. The summed E-state index contributed by atoms with van der Waals surface area (Å²) in [6.07, 6.45) is -1.14. The largest absolute Gasteiger partial charge is 0.442 e. The number of nitrogens with zero attached hydrogens (tertiary/aromatic N) is 4. The fraction of sp³-hybridized carbons (Fsp3) is 0.304. The maximum atomic E-state index is 15.0. The van der Waals surface area contributed by atoms with E-state index in [1.54, 1.807) is 28.6 Å². The number of amides is 3. The number of aromatic nitrogens is 1. The molecule has 3 heterocycles. The third-order valence-electron chi connectivity index (χ3n) is 6.08. The second-order valence-electron chi connectivity index (χ2n) is 8.25. The van der Waals surface area contributed by atoms with Crippen LogP contribution in [0.3, 0.4) is 0 Å². The molecule has 3 amide bonds. The number of nitrogens with one attached hydrogen (secondary N) is 1. The van der Waals surface area contributed by atoms with Crippen molar-refractivity contribution in [3.63, 3.8) is 0 Å². The van der Waals surface area contributed by atoms with Crippen LogP contribution in [0.4, 0.5) is 25.4 Å². The minimum Gasteiger partial charge on any atom is -0.442 e. The van der Waals surface area contributed by atoms with Gasteiger partial charge in [-0.3, -0.25) is 14.5 Å². The van der Waals surface area contributed by atoms with Gasteiger partial charge in [-0.05, 0) is 36.4 Å². The van der Waals surface area contributed by atoms with Crippen LogP contribution in [-0.4, -0.2) is 72.5 Å². The molecule has 2 aromatic carbocycles. The predicted molar refractivity (Wildman–Crippen MR) is 134 cm³/mol. The molecule has 0 radical (unpaired) electrons. The van der Waals surface area contributed by atoms with E-state index in [1.807, 2.05) is 17.0 Å². The van der Waals surface area contributed by atoms with E-state index < -0.39 is 23.3 Å². The molecule has 182 valence electrons. The number of carbonyl (C=O) groups is 3. The Bertz CT molecular complexity index is 1290. The van der Waals surface area contributed by atoms with Gasteiger partial charge in [-0.25, -0.2) is 14.2 Å². The molecular formula is C23H22FN5O4S2. The summed E-state index contributed by atoms with van der Waals surface area (Å²) in [6, 6.07) is 10.1. The van der Waals surface area contributed by atoms with Crippen LogP contribution in [0.15, 0.2) is 41.9 Å². The van der Waals surface area contributed by atoms with Crippen molar-refractivity contribution in [3.05, 3.63) is 53.3 Å². The Hall–Kier alpha value is -3.38. The van der Waals surface area contributed by atoms with E-state index in [-0.39, 0.29) is 19.0 Å². The Kier molecular flexibility index (Phi) is 6.48. The average Bonchev–Trinajstić information content (AvgIpc) is 3.48. The minimum absolute atomic E-state index is 0.0491. The van der Waals surface area contributed by atoms with Crippen molar-refractivity contribution in [2.45, 2.75) is 6.10 Å². The number of rotatable bonds is 5. The summed E-state index contributed by atoms with van der Waals surface area (Å²) in [6.45, 7) is 2.24. The second-order valence-corrected chi connectivity index (χ2v) is 9.54. The van der Waals surface area contributed by atoms with Gasteiger partial charge in [-0.1, -0.05) is 12.6 Å². The summed E-state index contributed by atoms with van der Waals surface area (Å²) in [5.41, 5.74) is 4.04. The molecule has 3 aromatic rings. The molecule has 0 aliphatic carbocycles. The number of anilines is 2. The van der Waals surface area contributed by atoms with Crippen LogP contribution >= 0.6 is 24.0 Å². The number of piperazine rings is 1. The number of benzene rings is 2. The predicted octanol–water partition coefficient (Wildman–Crippen LogP) is 3.36. The summed E-state index contributed by atoms with van der Waals surface area (Å²) in [5, 5.41) is 1.97. The smallest absolute Gasteiger partial charge is 0.414 e. The number of carbonyl (C=O) groups excluding carboxylic acids is 3. The van der Waals surface area contributed by atoms with Crippen molar-refractivity contribution in [2.75, 3.05) is 49.1 Å². The highest BCUT2D eigenvalue weighted by atomic mass is 32.1. The minimum atomic E-state index is -0.598. The van der Waals surface area contributed by atoms with Gasteiger partial charge in [0.25, 0.3) is 11.1 Å². The van der Waals surface area contributed by atoms with E-state index in [0.29, 0.717) is 43.1 Å². The van der Waals surface area contributed by atoms with Gasteiger partial charge >= 0.3 is 6.09 Å². The summed E-state index contributed by atoms with van der Waals surface area (Å²) in [4.78, 5) is 45.3. The zero-order valence-corrected chi connectivity index (χ0v) is 20.2. The van der Waals surface area contributed by atoms with Crippen molar-refractivity contribution in [1.82, 2.24) is 15.2 Å². The fourth-order valence-electron chi connectivity index (χ4n) is 4.28. The Balaban J connectivity index is 1.21. The standard InChI is InChI=1S/C23H22FN5O4S2/c24-17-10-15(29-12-16(33-23(29)32)11-25-22(31)34)2-4-19(17)27-5-7-28(8-6-27)21(30)14-1-3-18-20(9-14)35-13-26-18/h1-4,9-10,13,16H,5-8,11-12H2,(H2,25,31,34). The van der Waals surface area contributed by atoms with E-state index in [4.69, 9.17) is 4.74 Å². The molecule has 1 unspecified atom stereocenters. The normalized spacial score (nSPS) is 18.2. The van der Waals surface area contributed by atoms with E-state index in [9.17, 15) is 14.4 Å². The van der Waals surface area contributed by atoms with Crippen LogP contribution in [0, 0.1) is 5.82 Å². The summed E-state index contributed by atoms with van der Waals surface area (Å²) >= 11 is 5.12. The quantitative estimate of drug-likeness (QED) is 0.506. The lowest BCUT2D eigenvalue weighted by molar-refractivity contribution is 0.0746. The van der Waals surface area contributed by atoms with Gasteiger partial charge in [-0.2, -0.15) is 0 Å². The molecule has 1 N–H and O–H groups in total. The van der Waals surface area contributed by atoms with E-state index in [2.05, 4.69) is 22.9 Å². The number of cyclic esters (lactones) is 1. The highest BCUT2D eigenvalue weighted by Crippen LogP contribution is 2.29. The molecule has 0 saturated carbocycles. The lowest BCUT2D eigenvalue weighted by Crippen LogP contribution is -2.49. The van der Waals surface area contributed by atoms with Crippen molar-refractivity contribution < 1.29 is 23.5 Å². The molecule has 2 fully saturated rings.